The van der Waals surface area contributed by atoms with E-state index >= 15 is 0 Å². The molecule has 0 spiro atoms. The molecule has 122 valence electrons. The molecule has 0 aliphatic carbocycles. The molecule has 0 radical (unpaired) electrons. The van der Waals surface area contributed by atoms with E-state index in [-0.39, 0.29) is 12.1 Å². The molecule has 1 N–H and O–H groups in total. The van der Waals surface area contributed by atoms with E-state index in [0.717, 1.165) is 6.42 Å². The molecule has 5 nitrogen and oxygen atoms in total. The second-order valence-electron chi connectivity index (χ2n) is 5.96. The van der Waals surface area contributed by atoms with Crippen molar-refractivity contribution in [2.24, 2.45) is 5.92 Å². The van der Waals surface area contributed by atoms with Gasteiger partial charge >= 0.3 is 6.03 Å². The predicted molar refractivity (Wildman–Crippen MR) is 88.6 cm³/mol. The topological polar surface area (TPSA) is 58.6 Å². The van der Waals surface area contributed by atoms with E-state index in [9.17, 15) is 9.00 Å². The Kier molecular flexibility index (Phi) is 5.97. The van der Waals surface area contributed by atoms with Gasteiger partial charge in [0.05, 0.1) is 19.3 Å². The second-order valence-corrected chi connectivity index (χ2v) is 7.34. The van der Waals surface area contributed by atoms with Crippen LogP contribution in [0, 0.1) is 5.92 Å². The Labute approximate surface area is 134 Å². The largest absolute Gasteiger partial charge is 0.377 e. The van der Waals surface area contributed by atoms with E-state index in [2.05, 4.69) is 19.2 Å². The van der Waals surface area contributed by atoms with Gasteiger partial charge in [0.1, 0.15) is 0 Å². The van der Waals surface area contributed by atoms with Crippen molar-refractivity contribution in [2.75, 3.05) is 31.3 Å². The van der Waals surface area contributed by atoms with E-state index in [1.165, 1.54) is 0 Å². The molecule has 1 aromatic carbocycles. The standard InChI is InChI=1S/C16H24N2O3S/c1-12(2)9-14-11-21-8-7-18(14)16(19)17-13-5-4-6-15(10-13)22(3)20/h4-6,10,12,14H,7-9,11H2,1-3H3,(H,17,19). The Morgan fingerprint density at radius 3 is 2.95 bits per heavy atom. The van der Waals surface area contributed by atoms with E-state index in [1.807, 2.05) is 11.0 Å². The quantitative estimate of drug-likeness (QED) is 0.926. The summed E-state index contributed by atoms with van der Waals surface area (Å²) in [6.07, 6.45) is 2.55. The number of amides is 2. The number of urea groups is 1. The summed E-state index contributed by atoms with van der Waals surface area (Å²) in [6.45, 7) is 6.05. The highest BCUT2D eigenvalue weighted by atomic mass is 32.2. The van der Waals surface area contributed by atoms with Crippen molar-refractivity contribution in [1.82, 2.24) is 4.90 Å². The maximum atomic E-state index is 12.5. The van der Waals surface area contributed by atoms with Gasteiger partial charge in [0.25, 0.3) is 0 Å². The second kappa shape index (κ2) is 7.74. The molecule has 6 heteroatoms. The molecule has 2 rings (SSSR count). The Morgan fingerprint density at radius 1 is 1.50 bits per heavy atom. The lowest BCUT2D eigenvalue weighted by Gasteiger charge is -2.36. The minimum absolute atomic E-state index is 0.109. The fourth-order valence-electron chi connectivity index (χ4n) is 2.61. The average Bonchev–Trinajstić information content (AvgIpc) is 2.47. The van der Waals surface area contributed by atoms with Gasteiger partial charge in [-0.05, 0) is 30.5 Å². The van der Waals surface area contributed by atoms with Crippen LogP contribution in [0.2, 0.25) is 0 Å². The smallest absolute Gasteiger partial charge is 0.322 e. The van der Waals surface area contributed by atoms with E-state index < -0.39 is 10.8 Å². The van der Waals surface area contributed by atoms with Crippen LogP contribution in [0.1, 0.15) is 20.3 Å². The molecule has 1 heterocycles. The first-order chi connectivity index (χ1) is 10.5. The first-order valence-corrected chi connectivity index (χ1v) is 9.12. The zero-order valence-electron chi connectivity index (χ0n) is 13.4. The van der Waals surface area contributed by atoms with Crippen LogP contribution in [0.15, 0.2) is 29.2 Å². The summed E-state index contributed by atoms with van der Waals surface area (Å²) in [7, 11) is -1.06. The van der Waals surface area contributed by atoms with Crippen LogP contribution in [0.4, 0.5) is 10.5 Å². The van der Waals surface area contributed by atoms with Crippen LogP contribution >= 0.6 is 0 Å². The summed E-state index contributed by atoms with van der Waals surface area (Å²) < 4.78 is 17.0. The van der Waals surface area contributed by atoms with Gasteiger partial charge in [-0.3, -0.25) is 4.21 Å². The normalized spacial score (nSPS) is 20.0. The van der Waals surface area contributed by atoms with Gasteiger partial charge in [-0.2, -0.15) is 0 Å². The minimum atomic E-state index is -1.06. The fraction of sp³-hybridized carbons (Fsp3) is 0.562. The first kappa shape index (κ1) is 17.0. The summed E-state index contributed by atoms with van der Waals surface area (Å²) in [4.78, 5) is 15.1. The lowest BCUT2D eigenvalue weighted by atomic mass is 10.0. The van der Waals surface area contributed by atoms with Crippen molar-refractivity contribution in [3.05, 3.63) is 24.3 Å². The maximum absolute atomic E-state index is 12.5. The number of carbonyl (C=O) groups is 1. The number of anilines is 1. The van der Waals surface area contributed by atoms with Crippen LogP contribution in [-0.2, 0) is 15.5 Å². The molecule has 1 saturated heterocycles. The molecular formula is C16H24N2O3S. The molecule has 2 atom stereocenters. The Hall–Kier alpha value is -1.40. The van der Waals surface area contributed by atoms with Crippen molar-refractivity contribution >= 4 is 22.5 Å². The lowest BCUT2D eigenvalue weighted by Crippen LogP contribution is -2.50. The van der Waals surface area contributed by atoms with Crippen molar-refractivity contribution < 1.29 is 13.7 Å². The maximum Gasteiger partial charge on any atom is 0.322 e. The molecule has 1 aliphatic heterocycles. The van der Waals surface area contributed by atoms with Crippen molar-refractivity contribution in [2.45, 2.75) is 31.2 Å². The Balaban J connectivity index is 2.06. The van der Waals surface area contributed by atoms with Crippen LogP contribution in [0.3, 0.4) is 0 Å². The first-order valence-electron chi connectivity index (χ1n) is 7.56. The van der Waals surface area contributed by atoms with E-state index in [4.69, 9.17) is 4.74 Å². The SMILES string of the molecule is CC(C)CC1COCCN1C(=O)Nc1cccc(S(C)=O)c1. The molecule has 2 amide bonds. The molecule has 22 heavy (non-hydrogen) atoms. The number of benzene rings is 1. The number of rotatable bonds is 4. The molecule has 1 aliphatic rings. The predicted octanol–water partition coefficient (Wildman–Crippen LogP) is 2.70. The molecule has 2 unspecified atom stereocenters. The van der Waals surface area contributed by atoms with Gasteiger partial charge in [0.15, 0.2) is 0 Å². The Bertz CT molecular complexity index is 548. The van der Waals surface area contributed by atoms with Crippen molar-refractivity contribution in [3.63, 3.8) is 0 Å². The summed E-state index contributed by atoms with van der Waals surface area (Å²) >= 11 is 0. The van der Waals surface area contributed by atoms with Gasteiger partial charge in [-0.25, -0.2) is 4.79 Å². The fourth-order valence-corrected chi connectivity index (χ4v) is 3.17. The van der Waals surface area contributed by atoms with Crippen molar-refractivity contribution in [1.29, 1.82) is 0 Å². The number of carbonyl (C=O) groups excluding carboxylic acids is 1. The van der Waals surface area contributed by atoms with Crippen LogP contribution < -0.4 is 5.32 Å². The van der Waals surface area contributed by atoms with Gasteiger partial charge in [-0.1, -0.05) is 19.9 Å². The van der Waals surface area contributed by atoms with Crippen LogP contribution in [0.25, 0.3) is 0 Å². The monoisotopic (exact) mass is 324 g/mol. The number of nitrogens with one attached hydrogen (secondary N) is 1. The zero-order chi connectivity index (χ0) is 16.1. The summed E-state index contributed by atoms with van der Waals surface area (Å²) in [5.41, 5.74) is 0.674. The average molecular weight is 324 g/mol. The number of ether oxygens (including phenoxy) is 1. The van der Waals surface area contributed by atoms with Crippen LogP contribution in [-0.4, -0.2) is 47.2 Å². The zero-order valence-corrected chi connectivity index (χ0v) is 14.2. The summed E-state index contributed by atoms with van der Waals surface area (Å²) in [5.74, 6) is 0.507. The molecular weight excluding hydrogens is 300 g/mol. The highest BCUT2D eigenvalue weighted by Crippen LogP contribution is 2.18. The molecule has 0 aromatic heterocycles. The number of nitrogens with zero attached hydrogens (tertiary/aromatic N) is 1. The summed E-state index contributed by atoms with van der Waals surface area (Å²) in [5, 5.41) is 2.91. The summed E-state index contributed by atoms with van der Waals surface area (Å²) in [6, 6.07) is 7.16. The molecule has 0 bridgehead atoms. The number of hydrogen-bond donors (Lipinski definition) is 1. The highest BCUT2D eigenvalue weighted by molar-refractivity contribution is 7.84. The third-order valence-electron chi connectivity index (χ3n) is 3.65. The highest BCUT2D eigenvalue weighted by Gasteiger charge is 2.27. The van der Waals surface area contributed by atoms with Crippen molar-refractivity contribution in [3.8, 4) is 0 Å². The van der Waals surface area contributed by atoms with Gasteiger partial charge < -0.3 is 15.0 Å². The lowest BCUT2D eigenvalue weighted by molar-refractivity contribution is 0.00857. The van der Waals surface area contributed by atoms with E-state index in [0.29, 0.717) is 36.3 Å². The van der Waals surface area contributed by atoms with E-state index in [1.54, 1.807) is 24.5 Å². The Morgan fingerprint density at radius 2 is 2.27 bits per heavy atom. The van der Waals surface area contributed by atoms with Gasteiger partial charge in [0.2, 0.25) is 0 Å². The molecule has 1 aromatic rings. The van der Waals surface area contributed by atoms with Gasteiger partial charge in [0, 0.05) is 34.2 Å². The van der Waals surface area contributed by atoms with Gasteiger partial charge in [-0.15, -0.1) is 0 Å². The third kappa shape index (κ3) is 4.55. The third-order valence-corrected chi connectivity index (χ3v) is 4.57. The molecule has 0 saturated carbocycles. The minimum Gasteiger partial charge on any atom is -0.377 e. The molecule has 1 fully saturated rings. The van der Waals surface area contributed by atoms with Crippen LogP contribution in [0.5, 0.6) is 0 Å². The number of morpholine rings is 1. The number of hydrogen-bond acceptors (Lipinski definition) is 3.